The number of aryl methyl sites for hydroxylation is 1. The quantitative estimate of drug-likeness (QED) is 0.785. The summed E-state index contributed by atoms with van der Waals surface area (Å²) in [4.78, 5) is 14.1. The molecule has 0 radical (unpaired) electrons. The highest BCUT2D eigenvalue weighted by Gasteiger charge is 2.33. The average Bonchev–Trinajstić information content (AvgIpc) is 2.85. The van der Waals surface area contributed by atoms with Crippen molar-refractivity contribution < 1.29 is 9.53 Å². The van der Waals surface area contributed by atoms with E-state index in [0.29, 0.717) is 5.56 Å². The third-order valence-electron chi connectivity index (χ3n) is 3.64. The molecule has 0 unspecified atom stereocenters. The molecule has 2 rings (SSSR count). The average molecular weight is 286 g/mol. The van der Waals surface area contributed by atoms with Gasteiger partial charge in [-0.2, -0.15) is 5.26 Å². The first kappa shape index (κ1) is 15.4. The highest BCUT2D eigenvalue weighted by molar-refractivity contribution is 5.69. The summed E-state index contributed by atoms with van der Waals surface area (Å²) in [6.07, 6.45) is 1.65. The number of carbonyl (C=O) groups is 1. The number of hydrogen-bond acceptors (Lipinski definition) is 3. The predicted molar refractivity (Wildman–Crippen MR) is 80.8 cm³/mol. The zero-order chi connectivity index (χ0) is 15.6. The van der Waals surface area contributed by atoms with E-state index in [1.54, 1.807) is 4.90 Å². The van der Waals surface area contributed by atoms with Crippen molar-refractivity contribution in [2.24, 2.45) is 0 Å². The van der Waals surface area contributed by atoms with Crippen LogP contribution in [0.25, 0.3) is 0 Å². The van der Waals surface area contributed by atoms with Crippen molar-refractivity contribution in [1.29, 1.82) is 5.26 Å². The zero-order valence-electron chi connectivity index (χ0n) is 13.1. The van der Waals surface area contributed by atoms with Gasteiger partial charge in [0.1, 0.15) is 5.60 Å². The Bertz CT molecular complexity index is 581. The maximum Gasteiger partial charge on any atom is 0.410 e. The molecule has 0 bridgehead atoms. The highest BCUT2D eigenvalue weighted by atomic mass is 16.6. The lowest BCUT2D eigenvalue weighted by atomic mass is 9.99. The number of rotatable bonds is 1. The van der Waals surface area contributed by atoms with E-state index in [-0.39, 0.29) is 12.1 Å². The second-order valence-corrected chi connectivity index (χ2v) is 6.52. The van der Waals surface area contributed by atoms with Crippen molar-refractivity contribution >= 4 is 6.09 Å². The Hall–Kier alpha value is -2.02. The number of hydrogen-bond donors (Lipinski definition) is 0. The van der Waals surface area contributed by atoms with Gasteiger partial charge in [-0.1, -0.05) is 12.1 Å². The molecule has 1 heterocycles. The lowest BCUT2D eigenvalue weighted by molar-refractivity contribution is 0.0224. The van der Waals surface area contributed by atoms with Crippen LogP contribution < -0.4 is 0 Å². The molecule has 0 spiro atoms. The van der Waals surface area contributed by atoms with E-state index in [0.717, 1.165) is 30.5 Å². The monoisotopic (exact) mass is 286 g/mol. The van der Waals surface area contributed by atoms with Crippen LogP contribution in [0.5, 0.6) is 0 Å². The molecule has 112 valence electrons. The van der Waals surface area contributed by atoms with Crippen LogP contribution >= 0.6 is 0 Å². The summed E-state index contributed by atoms with van der Waals surface area (Å²) in [5.74, 6) is 0. The van der Waals surface area contributed by atoms with Crippen molar-refractivity contribution in [2.75, 3.05) is 6.54 Å². The molecule has 0 aromatic heterocycles. The summed E-state index contributed by atoms with van der Waals surface area (Å²) in [7, 11) is 0. The van der Waals surface area contributed by atoms with E-state index < -0.39 is 5.60 Å². The van der Waals surface area contributed by atoms with Gasteiger partial charge in [-0.15, -0.1) is 0 Å². The van der Waals surface area contributed by atoms with Gasteiger partial charge in [0, 0.05) is 6.54 Å². The first-order valence-corrected chi connectivity index (χ1v) is 7.32. The Morgan fingerprint density at radius 3 is 2.71 bits per heavy atom. The van der Waals surface area contributed by atoms with Crippen molar-refractivity contribution in [1.82, 2.24) is 4.90 Å². The van der Waals surface area contributed by atoms with Gasteiger partial charge in [-0.05, 0) is 57.7 Å². The van der Waals surface area contributed by atoms with E-state index in [2.05, 4.69) is 6.07 Å². The molecule has 0 aliphatic carbocycles. The minimum atomic E-state index is -0.481. The van der Waals surface area contributed by atoms with E-state index in [4.69, 9.17) is 10.00 Å². The molecule has 1 aliphatic heterocycles. The van der Waals surface area contributed by atoms with Crippen LogP contribution in [0, 0.1) is 18.3 Å². The maximum atomic E-state index is 12.3. The Balaban J connectivity index is 2.21. The van der Waals surface area contributed by atoms with Crippen LogP contribution in [0.4, 0.5) is 4.79 Å². The standard InChI is InChI=1S/C17H22N2O2/c1-12-10-13(7-8-14(12)11-18)15-6-5-9-19(15)16(20)21-17(2,3)4/h7-8,10,15H,5-6,9H2,1-4H3/t15-/m1/s1. The molecule has 0 N–H and O–H groups in total. The SMILES string of the molecule is Cc1cc([C@H]2CCCN2C(=O)OC(C)(C)C)ccc1C#N. The number of likely N-dealkylation sites (tertiary alicyclic amines) is 1. The van der Waals surface area contributed by atoms with Gasteiger partial charge in [-0.25, -0.2) is 4.79 Å². The summed E-state index contributed by atoms with van der Waals surface area (Å²) in [6.45, 7) is 8.28. The fourth-order valence-corrected chi connectivity index (χ4v) is 2.67. The number of amides is 1. The molecular formula is C17H22N2O2. The molecular weight excluding hydrogens is 264 g/mol. The molecule has 21 heavy (non-hydrogen) atoms. The second kappa shape index (κ2) is 5.77. The predicted octanol–water partition coefficient (Wildman–Crippen LogP) is 3.94. The van der Waals surface area contributed by atoms with Crippen LogP contribution in [0.2, 0.25) is 0 Å². The molecule has 1 saturated heterocycles. The third-order valence-corrected chi connectivity index (χ3v) is 3.64. The Labute approximate surface area is 126 Å². The van der Waals surface area contributed by atoms with E-state index in [9.17, 15) is 4.79 Å². The van der Waals surface area contributed by atoms with E-state index >= 15 is 0 Å². The fourth-order valence-electron chi connectivity index (χ4n) is 2.67. The molecule has 1 aliphatic rings. The zero-order valence-corrected chi connectivity index (χ0v) is 13.1. The lowest BCUT2D eigenvalue weighted by Gasteiger charge is -2.29. The fraction of sp³-hybridized carbons (Fsp3) is 0.529. The van der Waals surface area contributed by atoms with Gasteiger partial charge in [0.15, 0.2) is 0 Å². The second-order valence-electron chi connectivity index (χ2n) is 6.52. The number of nitriles is 1. The largest absolute Gasteiger partial charge is 0.444 e. The number of nitrogens with zero attached hydrogens (tertiary/aromatic N) is 2. The summed E-state index contributed by atoms with van der Waals surface area (Å²) in [5.41, 5.74) is 2.23. The van der Waals surface area contributed by atoms with Crippen molar-refractivity contribution in [3.05, 3.63) is 34.9 Å². The molecule has 1 aromatic rings. The van der Waals surface area contributed by atoms with Gasteiger partial charge >= 0.3 is 6.09 Å². The minimum absolute atomic E-state index is 0.0475. The van der Waals surface area contributed by atoms with Crippen molar-refractivity contribution in [3.63, 3.8) is 0 Å². The Kier molecular flexibility index (Phi) is 4.22. The van der Waals surface area contributed by atoms with Gasteiger partial charge in [0.25, 0.3) is 0 Å². The molecule has 4 nitrogen and oxygen atoms in total. The van der Waals surface area contributed by atoms with Crippen molar-refractivity contribution in [3.8, 4) is 6.07 Å². The van der Waals surface area contributed by atoms with Crippen LogP contribution in [-0.2, 0) is 4.74 Å². The normalized spacial score (nSPS) is 18.4. The van der Waals surface area contributed by atoms with Crippen LogP contribution in [-0.4, -0.2) is 23.1 Å². The van der Waals surface area contributed by atoms with Gasteiger partial charge in [0.05, 0.1) is 17.7 Å². The van der Waals surface area contributed by atoms with E-state index in [1.807, 2.05) is 45.9 Å². The molecule has 4 heteroatoms. The number of benzene rings is 1. The Morgan fingerprint density at radius 1 is 1.43 bits per heavy atom. The summed E-state index contributed by atoms with van der Waals surface area (Å²) < 4.78 is 5.48. The van der Waals surface area contributed by atoms with E-state index in [1.165, 1.54) is 0 Å². The topological polar surface area (TPSA) is 53.3 Å². The van der Waals surface area contributed by atoms with Gasteiger partial charge in [-0.3, -0.25) is 0 Å². The molecule has 1 amide bonds. The molecule has 1 fully saturated rings. The summed E-state index contributed by atoms with van der Waals surface area (Å²) in [5, 5.41) is 9.01. The lowest BCUT2D eigenvalue weighted by Crippen LogP contribution is -2.36. The number of carbonyl (C=O) groups excluding carboxylic acids is 1. The van der Waals surface area contributed by atoms with Crippen LogP contribution in [0.3, 0.4) is 0 Å². The first-order chi connectivity index (χ1) is 9.81. The smallest absolute Gasteiger partial charge is 0.410 e. The first-order valence-electron chi connectivity index (χ1n) is 7.32. The van der Waals surface area contributed by atoms with Gasteiger partial charge < -0.3 is 9.64 Å². The molecule has 1 aromatic carbocycles. The minimum Gasteiger partial charge on any atom is -0.444 e. The van der Waals surface area contributed by atoms with Crippen molar-refractivity contribution in [2.45, 2.75) is 52.2 Å². The third kappa shape index (κ3) is 3.55. The summed E-state index contributed by atoms with van der Waals surface area (Å²) >= 11 is 0. The van der Waals surface area contributed by atoms with Crippen LogP contribution in [0.15, 0.2) is 18.2 Å². The molecule has 1 atom stereocenters. The Morgan fingerprint density at radius 2 is 2.14 bits per heavy atom. The maximum absolute atomic E-state index is 12.3. The van der Waals surface area contributed by atoms with Gasteiger partial charge in [0.2, 0.25) is 0 Å². The number of ether oxygens (including phenoxy) is 1. The highest BCUT2D eigenvalue weighted by Crippen LogP contribution is 2.33. The summed E-state index contributed by atoms with van der Waals surface area (Å²) in [6, 6.07) is 8.00. The molecule has 0 saturated carbocycles. The van der Waals surface area contributed by atoms with Crippen LogP contribution in [0.1, 0.15) is 56.3 Å².